The zero-order valence-corrected chi connectivity index (χ0v) is 12.9. The molecule has 0 aliphatic heterocycles. The highest BCUT2D eigenvalue weighted by Crippen LogP contribution is 2.19. The Balaban J connectivity index is 0.00000191. The fourth-order valence-electron chi connectivity index (χ4n) is 1.61. The number of amides is 1. The molecule has 3 N–H and O–H groups in total. The number of aliphatic hydroxyl groups excluding tert-OH is 2. The molecule has 1 aromatic rings. The summed E-state index contributed by atoms with van der Waals surface area (Å²) in [6, 6.07) is 4.40. The van der Waals surface area contributed by atoms with Gasteiger partial charge in [-0.2, -0.15) is 0 Å². The third-order valence-electron chi connectivity index (χ3n) is 2.59. The number of benzene rings is 1. The lowest BCUT2D eigenvalue weighted by molar-refractivity contribution is -0.120. The summed E-state index contributed by atoms with van der Waals surface area (Å²) in [7, 11) is -2.32. The first-order valence-electron chi connectivity index (χ1n) is 6.01. The lowest BCUT2D eigenvalue weighted by atomic mass is 10.0. The quantitative estimate of drug-likeness (QED) is 0.719. The topological polar surface area (TPSA) is 104 Å². The standard InChI is InChI=1S/C12H16FNO4S.CH4O/c1-8(15)14-11(7-13)12(16)9-3-5-10(6-4-9)19(2,17)18;1-2/h3-6,11-12,16H,7H2,1-2H3,(H,14,15);2H,1H3. The molecule has 0 bridgehead atoms. The maximum atomic E-state index is 12.8. The van der Waals surface area contributed by atoms with Gasteiger partial charge in [0.2, 0.25) is 5.91 Å². The molecule has 2 unspecified atom stereocenters. The van der Waals surface area contributed by atoms with Gasteiger partial charge in [-0.3, -0.25) is 4.79 Å². The van der Waals surface area contributed by atoms with E-state index in [4.69, 9.17) is 5.11 Å². The molecule has 0 saturated carbocycles. The Labute approximate surface area is 123 Å². The fraction of sp³-hybridized carbons (Fsp3) is 0.462. The summed E-state index contributed by atoms with van der Waals surface area (Å²) >= 11 is 0. The number of sulfone groups is 1. The van der Waals surface area contributed by atoms with Crippen LogP contribution in [0.25, 0.3) is 0 Å². The van der Waals surface area contributed by atoms with Crippen molar-refractivity contribution in [1.82, 2.24) is 5.32 Å². The molecule has 8 heteroatoms. The Morgan fingerprint density at radius 3 is 2.10 bits per heavy atom. The average molecular weight is 321 g/mol. The van der Waals surface area contributed by atoms with E-state index in [1.165, 1.54) is 31.2 Å². The second-order valence-electron chi connectivity index (χ2n) is 4.25. The van der Waals surface area contributed by atoms with Gasteiger partial charge in [0.15, 0.2) is 9.84 Å². The van der Waals surface area contributed by atoms with Crippen LogP contribution >= 0.6 is 0 Å². The molecule has 0 aliphatic carbocycles. The van der Waals surface area contributed by atoms with E-state index in [-0.39, 0.29) is 4.90 Å². The van der Waals surface area contributed by atoms with Crippen LogP contribution in [0.5, 0.6) is 0 Å². The predicted octanol–water partition coefficient (Wildman–Crippen LogP) is 0.206. The second-order valence-corrected chi connectivity index (χ2v) is 6.26. The first kappa shape index (κ1) is 19.5. The third-order valence-corrected chi connectivity index (χ3v) is 3.71. The van der Waals surface area contributed by atoms with Crippen LogP contribution in [0.15, 0.2) is 29.2 Å². The molecular formula is C13H20FNO5S. The zero-order valence-electron chi connectivity index (χ0n) is 12.1. The fourth-order valence-corrected chi connectivity index (χ4v) is 2.24. The van der Waals surface area contributed by atoms with Crippen molar-refractivity contribution in [2.45, 2.75) is 24.0 Å². The van der Waals surface area contributed by atoms with E-state index in [9.17, 15) is 22.7 Å². The van der Waals surface area contributed by atoms with Crippen LogP contribution in [0.3, 0.4) is 0 Å². The molecule has 2 atom stereocenters. The Kier molecular flexibility index (Phi) is 8.08. The Morgan fingerprint density at radius 2 is 1.76 bits per heavy atom. The van der Waals surface area contributed by atoms with E-state index in [0.717, 1.165) is 13.4 Å². The van der Waals surface area contributed by atoms with E-state index in [2.05, 4.69) is 5.32 Å². The number of carbonyl (C=O) groups is 1. The summed E-state index contributed by atoms with van der Waals surface area (Å²) in [6.07, 6.45) is -0.164. The van der Waals surface area contributed by atoms with Crippen molar-refractivity contribution in [1.29, 1.82) is 0 Å². The molecule has 0 aromatic heterocycles. The van der Waals surface area contributed by atoms with Gasteiger partial charge in [-0.15, -0.1) is 0 Å². The van der Waals surface area contributed by atoms with Crippen LogP contribution in [-0.4, -0.2) is 50.6 Å². The van der Waals surface area contributed by atoms with Crippen molar-refractivity contribution in [3.05, 3.63) is 29.8 Å². The lowest BCUT2D eigenvalue weighted by Gasteiger charge is -2.21. The molecule has 0 radical (unpaired) electrons. The number of hydrogen-bond donors (Lipinski definition) is 3. The molecule has 0 saturated heterocycles. The molecule has 120 valence electrons. The molecule has 21 heavy (non-hydrogen) atoms. The Morgan fingerprint density at radius 1 is 1.29 bits per heavy atom. The molecular weight excluding hydrogens is 301 g/mol. The average Bonchev–Trinajstić information content (AvgIpc) is 2.45. The van der Waals surface area contributed by atoms with Crippen LogP contribution < -0.4 is 5.32 Å². The van der Waals surface area contributed by atoms with Crippen molar-refractivity contribution in [3.63, 3.8) is 0 Å². The van der Waals surface area contributed by atoms with Crippen molar-refractivity contribution >= 4 is 15.7 Å². The van der Waals surface area contributed by atoms with Gasteiger partial charge in [0.1, 0.15) is 12.8 Å². The van der Waals surface area contributed by atoms with Crippen LogP contribution in [0.1, 0.15) is 18.6 Å². The van der Waals surface area contributed by atoms with Crippen molar-refractivity contribution in [2.24, 2.45) is 0 Å². The number of rotatable bonds is 5. The molecule has 1 amide bonds. The largest absolute Gasteiger partial charge is 0.400 e. The molecule has 1 rings (SSSR count). The smallest absolute Gasteiger partial charge is 0.217 e. The van der Waals surface area contributed by atoms with Gasteiger partial charge in [-0.25, -0.2) is 12.8 Å². The minimum Gasteiger partial charge on any atom is -0.400 e. The van der Waals surface area contributed by atoms with Crippen molar-refractivity contribution < 1.29 is 27.8 Å². The molecule has 0 heterocycles. The van der Waals surface area contributed by atoms with E-state index in [1.807, 2.05) is 0 Å². The molecule has 0 spiro atoms. The maximum absolute atomic E-state index is 12.8. The van der Waals surface area contributed by atoms with Gasteiger partial charge >= 0.3 is 0 Å². The van der Waals surface area contributed by atoms with Gasteiger partial charge in [-0.1, -0.05) is 12.1 Å². The number of alkyl halides is 1. The molecule has 1 aromatic carbocycles. The Hall–Kier alpha value is -1.51. The summed E-state index contributed by atoms with van der Waals surface area (Å²) < 4.78 is 35.3. The predicted molar refractivity (Wildman–Crippen MR) is 76.2 cm³/mol. The van der Waals surface area contributed by atoms with Crippen molar-refractivity contribution in [2.75, 3.05) is 20.0 Å². The third kappa shape index (κ3) is 6.19. The summed E-state index contributed by atoms with van der Waals surface area (Å²) in [5.74, 6) is -0.450. The molecule has 0 aliphatic rings. The first-order chi connectivity index (χ1) is 9.75. The van der Waals surface area contributed by atoms with Gasteiger partial charge in [-0.05, 0) is 17.7 Å². The van der Waals surface area contributed by atoms with Crippen LogP contribution in [0.4, 0.5) is 4.39 Å². The zero-order chi connectivity index (χ0) is 16.6. The normalized spacial score (nSPS) is 13.6. The summed E-state index contributed by atoms with van der Waals surface area (Å²) in [5, 5.41) is 19.2. The number of carbonyl (C=O) groups excluding carboxylic acids is 1. The number of nitrogens with one attached hydrogen (secondary N) is 1. The van der Waals surface area contributed by atoms with E-state index < -0.39 is 34.6 Å². The minimum absolute atomic E-state index is 0.111. The highest BCUT2D eigenvalue weighted by atomic mass is 32.2. The van der Waals surface area contributed by atoms with Gasteiger partial charge < -0.3 is 15.5 Å². The molecule has 0 fully saturated rings. The monoisotopic (exact) mass is 321 g/mol. The highest BCUT2D eigenvalue weighted by Gasteiger charge is 2.22. The Bertz CT molecular complexity index is 544. The highest BCUT2D eigenvalue weighted by molar-refractivity contribution is 7.90. The van der Waals surface area contributed by atoms with Crippen LogP contribution in [0, 0.1) is 0 Å². The SMILES string of the molecule is CC(=O)NC(CF)C(O)c1ccc(S(C)(=O)=O)cc1.CO. The minimum atomic E-state index is -3.32. The van der Waals surface area contributed by atoms with E-state index in [1.54, 1.807) is 0 Å². The number of aliphatic hydroxyl groups is 2. The van der Waals surface area contributed by atoms with Gasteiger partial charge in [0.05, 0.1) is 10.9 Å². The summed E-state index contributed by atoms with van der Waals surface area (Å²) in [5.41, 5.74) is 0.337. The van der Waals surface area contributed by atoms with Crippen LogP contribution in [0.2, 0.25) is 0 Å². The lowest BCUT2D eigenvalue weighted by Crippen LogP contribution is -2.39. The summed E-state index contributed by atoms with van der Waals surface area (Å²) in [4.78, 5) is 11.0. The van der Waals surface area contributed by atoms with E-state index >= 15 is 0 Å². The number of hydrogen-bond acceptors (Lipinski definition) is 5. The first-order valence-corrected chi connectivity index (χ1v) is 7.90. The molecule has 6 nitrogen and oxygen atoms in total. The van der Waals surface area contributed by atoms with Crippen molar-refractivity contribution in [3.8, 4) is 0 Å². The van der Waals surface area contributed by atoms with E-state index in [0.29, 0.717) is 5.56 Å². The van der Waals surface area contributed by atoms with Gasteiger partial charge in [0, 0.05) is 20.3 Å². The second kappa shape index (κ2) is 8.71. The van der Waals surface area contributed by atoms with Crippen LogP contribution in [-0.2, 0) is 14.6 Å². The number of halogens is 1. The maximum Gasteiger partial charge on any atom is 0.217 e. The summed E-state index contributed by atoms with van der Waals surface area (Å²) in [6.45, 7) is 0.302. The van der Waals surface area contributed by atoms with Gasteiger partial charge in [0.25, 0.3) is 0 Å².